The van der Waals surface area contributed by atoms with Crippen LogP contribution in [-0.2, 0) is 12.8 Å². The van der Waals surface area contributed by atoms with E-state index in [9.17, 15) is 0 Å². The largest absolute Gasteiger partial charge is 0.493 e. The Morgan fingerprint density at radius 1 is 0.808 bits per heavy atom. The van der Waals surface area contributed by atoms with E-state index in [0.717, 1.165) is 18.6 Å². The predicted octanol–water partition coefficient (Wildman–Crippen LogP) is 4.75. The van der Waals surface area contributed by atoms with Crippen molar-refractivity contribution in [1.29, 1.82) is 0 Å². The van der Waals surface area contributed by atoms with E-state index in [1.54, 1.807) is 0 Å². The van der Waals surface area contributed by atoms with Gasteiger partial charge >= 0.3 is 0 Å². The zero-order chi connectivity index (χ0) is 17.1. The minimum atomic E-state index is 0. The topological polar surface area (TPSA) is 35.2 Å². The number of ether oxygens (including phenoxy) is 1. The van der Waals surface area contributed by atoms with Gasteiger partial charge in [-0.1, -0.05) is 66.7 Å². The smallest absolute Gasteiger partial charge is 0.119 e. The van der Waals surface area contributed by atoms with E-state index in [1.165, 1.54) is 22.3 Å². The molecule has 2 atom stereocenters. The molecule has 0 heterocycles. The van der Waals surface area contributed by atoms with Crippen LogP contribution in [0.2, 0.25) is 0 Å². The molecule has 3 aromatic carbocycles. The molecule has 3 heteroatoms. The third-order valence-corrected chi connectivity index (χ3v) is 5.03. The van der Waals surface area contributed by atoms with Crippen LogP contribution in [-0.4, -0.2) is 12.6 Å². The fourth-order valence-electron chi connectivity index (χ4n) is 3.64. The van der Waals surface area contributed by atoms with Gasteiger partial charge in [0.05, 0.1) is 6.61 Å². The summed E-state index contributed by atoms with van der Waals surface area (Å²) in [5.41, 5.74) is 11.6. The lowest BCUT2D eigenvalue weighted by atomic mass is 10.00. The van der Waals surface area contributed by atoms with E-state index in [1.807, 2.05) is 6.07 Å². The summed E-state index contributed by atoms with van der Waals surface area (Å²) in [6.07, 6.45) is 1.89. The summed E-state index contributed by atoms with van der Waals surface area (Å²) < 4.78 is 6.04. The molecule has 0 aliphatic heterocycles. The zero-order valence-corrected chi connectivity index (χ0v) is 15.5. The van der Waals surface area contributed by atoms with Crippen molar-refractivity contribution < 1.29 is 4.74 Å². The van der Waals surface area contributed by atoms with Crippen molar-refractivity contribution in [3.63, 3.8) is 0 Å². The lowest BCUT2D eigenvalue weighted by Crippen LogP contribution is -2.28. The van der Waals surface area contributed by atoms with E-state index in [-0.39, 0.29) is 24.4 Å². The van der Waals surface area contributed by atoms with Crippen LogP contribution in [0.5, 0.6) is 5.75 Å². The monoisotopic (exact) mass is 365 g/mol. The van der Waals surface area contributed by atoms with Gasteiger partial charge < -0.3 is 10.5 Å². The summed E-state index contributed by atoms with van der Waals surface area (Å²) in [5.74, 6) is 1.19. The van der Waals surface area contributed by atoms with Crippen molar-refractivity contribution in [2.75, 3.05) is 6.61 Å². The molecule has 0 aromatic heterocycles. The first-order valence-corrected chi connectivity index (χ1v) is 8.88. The fourth-order valence-corrected chi connectivity index (χ4v) is 3.64. The normalized spacial score (nSPS) is 18.0. The van der Waals surface area contributed by atoms with E-state index >= 15 is 0 Å². The third kappa shape index (κ3) is 4.09. The maximum atomic E-state index is 6.32. The molecule has 2 N–H and O–H groups in total. The molecular weight excluding hydrogens is 342 g/mol. The van der Waals surface area contributed by atoms with Gasteiger partial charge in [0.2, 0.25) is 0 Å². The van der Waals surface area contributed by atoms with Crippen LogP contribution < -0.4 is 10.5 Å². The van der Waals surface area contributed by atoms with E-state index in [4.69, 9.17) is 10.5 Å². The van der Waals surface area contributed by atoms with Gasteiger partial charge in [-0.15, -0.1) is 12.4 Å². The Kier molecular flexibility index (Phi) is 5.97. The van der Waals surface area contributed by atoms with Gasteiger partial charge in [0, 0.05) is 12.0 Å². The first-order chi connectivity index (χ1) is 12.3. The summed E-state index contributed by atoms with van der Waals surface area (Å²) >= 11 is 0. The van der Waals surface area contributed by atoms with Crippen molar-refractivity contribution in [2.45, 2.75) is 24.8 Å². The molecule has 1 aliphatic rings. The summed E-state index contributed by atoms with van der Waals surface area (Å²) in [5, 5.41) is 0. The highest BCUT2D eigenvalue weighted by Crippen LogP contribution is 2.32. The highest BCUT2D eigenvalue weighted by molar-refractivity contribution is 5.85. The molecule has 134 valence electrons. The molecular formula is C23H24ClNO. The van der Waals surface area contributed by atoms with Gasteiger partial charge in [-0.3, -0.25) is 0 Å². The Labute approximate surface area is 161 Å². The average molecular weight is 366 g/mol. The van der Waals surface area contributed by atoms with Crippen LogP contribution in [0, 0.1) is 0 Å². The van der Waals surface area contributed by atoms with Crippen molar-refractivity contribution in [3.05, 3.63) is 101 Å². The average Bonchev–Trinajstić information content (AvgIpc) is 2.97. The SMILES string of the molecule is Cl.N[C@H]1Cc2ccccc2[C@H]1COc1ccc(Cc2ccccc2)cc1. The van der Waals surface area contributed by atoms with Crippen molar-refractivity contribution in [1.82, 2.24) is 0 Å². The molecule has 0 fully saturated rings. The number of hydrogen-bond donors (Lipinski definition) is 1. The second-order valence-corrected chi connectivity index (χ2v) is 6.79. The van der Waals surface area contributed by atoms with Gasteiger partial charge in [-0.2, -0.15) is 0 Å². The van der Waals surface area contributed by atoms with Gasteiger partial charge in [-0.25, -0.2) is 0 Å². The van der Waals surface area contributed by atoms with Crippen LogP contribution >= 0.6 is 12.4 Å². The van der Waals surface area contributed by atoms with Crippen molar-refractivity contribution in [2.24, 2.45) is 5.73 Å². The molecule has 0 saturated heterocycles. The Hall–Kier alpha value is -2.29. The number of rotatable bonds is 5. The first kappa shape index (κ1) is 18.5. The molecule has 0 unspecified atom stereocenters. The maximum absolute atomic E-state index is 6.32. The molecule has 0 radical (unpaired) electrons. The lowest BCUT2D eigenvalue weighted by Gasteiger charge is -2.17. The lowest BCUT2D eigenvalue weighted by molar-refractivity contribution is 0.276. The predicted molar refractivity (Wildman–Crippen MR) is 109 cm³/mol. The van der Waals surface area contributed by atoms with E-state index in [0.29, 0.717) is 6.61 Å². The summed E-state index contributed by atoms with van der Waals surface area (Å²) in [4.78, 5) is 0. The molecule has 0 bridgehead atoms. The standard InChI is InChI=1S/C23H23NO.ClH/c24-23-15-19-8-4-5-9-21(19)22(23)16-25-20-12-10-18(11-13-20)14-17-6-2-1-3-7-17;/h1-13,22-23H,14-16,24H2;1H/t22-,23+;/m1./s1. The Morgan fingerprint density at radius 3 is 2.23 bits per heavy atom. The quantitative estimate of drug-likeness (QED) is 0.708. The minimum absolute atomic E-state index is 0. The van der Waals surface area contributed by atoms with Crippen LogP contribution in [0.15, 0.2) is 78.9 Å². The van der Waals surface area contributed by atoms with Crippen LogP contribution in [0.25, 0.3) is 0 Å². The molecule has 1 aliphatic carbocycles. The van der Waals surface area contributed by atoms with Crippen LogP contribution in [0.3, 0.4) is 0 Å². The number of hydrogen-bond acceptors (Lipinski definition) is 2. The second-order valence-electron chi connectivity index (χ2n) is 6.79. The van der Waals surface area contributed by atoms with Crippen molar-refractivity contribution >= 4 is 12.4 Å². The molecule has 4 rings (SSSR count). The Morgan fingerprint density at radius 2 is 1.46 bits per heavy atom. The highest BCUT2D eigenvalue weighted by atomic mass is 35.5. The zero-order valence-electron chi connectivity index (χ0n) is 14.7. The molecule has 2 nitrogen and oxygen atoms in total. The number of halogens is 1. The summed E-state index contributed by atoms with van der Waals surface area (Å²) in [6, 6.07) is 27.6. The second kappa shape index (κ2) is 8.39. The van der Waals surface area contributed by atoms with Crippen molar-refractivity contribution in [3.8, 4) is 5.75 Å². The van der Waals surface area contributed by atoms with Crippen LogP contribution in [0.1, 0.15) is 28.2 Å². The summed E-state index contributed by atoms with van der Waals surface area (Å²) in [6.45, 7) is 0.635. The van der Waals surface area contributed by atoms with Crippen LogP contribution in [0.4, 0.5) is 0 Å². The number of nitrogens with two attached hydrogens (primary N) is 1. The minimum Gasteiger partial charge on any atom is -0.493 e. The number of fused-ring (bicyclic) bond motifs is 1. The van der Waals surface area contributed by atoms with Gasteiger partial charge in [0.25, 0.3) is 0 Å². The van der Waals surface area contributed by atoms with Gasteiger partial charge in [0.1, 0.15) is 5.75 Å². The Balaban J connectivity index is 0.00000196. The highest BCUT2D eigenvalue weighted by Gasteiger charge is 2.29. The molecule has 0 saturated carbocycles. The van der Waals surface area contributed by atoms with E-state index < -0.39 is 0 Å². The molecule has 0 spiro atoms. The van der Waals surface area contributed by atoms with Gasteiger partial charge in [0.15, 0.2) is 0 Å². The third-order valence-electron chi connectivity index (χ3n) is 5.03. The fraction of sp³-hybridized carbons (Fsp3) is 0.217. The molecule has 0 amide bonds. The molecule has 3 aromatic rings. The summed E-state index contributed by atoms with van der Waals surface area (Å²) in [7, 11) is 0. The van der Waals surface area contributed by atoms with Gasteiger partial charge in [-0.05, 0) is 47.2 Å². The molecule has 26 heavy (non-hydrogen) atoms. The van der Waals surface area contributed by atoms with E-state index in [2.05, 4.69) is 72.8 Å². The first-order valence-electron chi connectivity index (χ1n) is 8.88. The Bertz CT molecular complexity index is 832. The maximum Gasteiger partial charge on any atom is 0.119 e. The number of benzene rings is 3.